The topological polar surface area (TPSA) is 83.5 Å². The largest absolute Gasteiger partial charge is 0.459 e. The summed E-state index contributed by atoms with van der Waals surface area (Å²) in [6.45, 7) is 2.26. The van der Waals surface area contributed by atoms with E-state index in [0.717, 1.165) is 5.56 Å². The molecule has 4 fully saturated rings. The molecule has 146 valence electrons. The summed E-state index contributed by atoms with van der Waals surface area (Å²) in [6, 6.07) is 9.83. The number of fused-ring (bicyclic) bond motifs is 3. The van der Waals surface area contributed by atoms with Crippen molar-refractivity contribution in [2.75, 3.05) is 6.61 Å². The Bertz CT molecular complexity index is 710. The van der Waals surface area contributed by atoms with Crippen LogP contribution in [0.2, 0.25) is 0 Å². The summed E-state index contributed by atoms with van der Waals surface area (Å²) in [5.74, 6) is -0.393. The lowest BCUT2D eigenvalue weighted by Crippen LogP contribution is -2.67. The van der Waals surface area contributed by atoms with E-state index in [-0.39, 0.29) is 30.8 Å². The molecule has 7 nitrogen and oxygen atoms in total. The highest BCUT2D eigenvalue weighted by Crippen LogP contribution is 2.44. The summed E-state index contributed by atoms with van der Waals surface area (Å²) in [5, 5.41) is 10.4. The fourth-order valence-corrected chi connectivity index (χ4v) is 4.59. The number of ether oxygens (including phenoxy) is 5. The van der Waals surface area contributed by atoms with Crippen LogP contribution in [0.25, 0.3) is 0 Å². The minimum absolute atomic E-state index is 0.0439. The molecule has 27 heavy (non-hydrogen) atoms. The third-order valence-electron chi connectivity index (χ3n) is 6.21. The first kappa shape index (κ1) is 17.6. The first-order chi connectivity index (χ1) is 13.0. The van der Waals surface area contributed by atoms with Crippen LogP contribution < -0.4 is 0 Å². The number of aliphatic hydroxyl groups excluding tert-OH is 1. The van der Waals surface area contributed by atoms with Gasteiger partial charge in [-0.05, 0) is 6.92 Å². The first-order valence-corrected chi connectivity index (χ1v) is 9.56. The molecule has 4 saturated heterocycles. The van der Waals surface area contributed by atoms with Crippen LogP contribution in [0.15, 0.2) is 30.3 Å². The molecule has 4 heterocycles. The van der Waals surface area contributed by atoms with Crippen LogP contribution >= 0.6 is 0 Å². The summed E-state index contributed by atoms with van der Waals surface area (Å²) >= 11 is 0. The van der Waals surface area contributed by atoms with Gasteiger partial charge in [-0.1, -0.05) is 30.3 Å². The van der Waals surface area contributed by atoms with Crippen molar-refractivity contribution in [2.24, 2.45) is 0 Å². The Hall–Kier alpha value is -1.51. The van der Waals surface area contributed by atoms with Crippen LogP contribution in [0, 0.1) is 0 Å². The molecule has 0 bridgehead atoms. The number of rotatable bonds is 1. The molecule has 1 aromatic rings. The predicted molar refractivity (Wildman–Crippen MR) is 91.7 cm³/mol. The standard InChI is InChI=1S/C20H24O7/c1-20-16(21)9-18(22)26-17(20)8-13-14(27-20)7-12-15(24-13)10-23-19(25-12)11-5-3-2-4-6-11/h2-6,12-17,19,21H,7-10H2,1H3/t12-,13-,14+,15+,16-,17+,19+,20-/m0/s1. The van der Waals surface area contributed by atoms with E-state index in [2.05, 4.69) is 0 Å². The quantitative estimate of drug-likeness (QED) is 0.744. The fourth-order valence-electron chi connectivity index (χ4n) is 4.59. The smallest absolute Gasteiger partial charge is 0.308 e. The molecule has 8 atom stereocenters. The minimum atomic E-state index is -0.907. The number of hydrogen-bond donors (Lipinski definition) is 1. The van der Waals surface area contributed by atoms with Gasteiger partial charge >= 0.3 is 5.97 Å². The lowest BCUT2D eigenvalue weighted by atomic mass is 9.79. The molecule has 7 heteroatoms. The van der Waals surface area contributed by atoms with Gasteiger partial charge in [-0.3, -0.25) is 4.79 Å². The molecule has 0 amide bonds. The van der Waals surface area contributed by atoms with E-state index in [1.54, 1.807) is 0 Å². The van der Waals surface area contributed by atoms with Crippen LogP contribution in [0.4, 0.5) is 0 Å². The van der Waals surface area contributed by atoms with Gasteiger partial charge in [-0.2, -0.15) is 0 Å². The number of esters is 1. The average Bonchev–Trinajstić information content (AvgIpc) is 2.66. The van der Waals surface area contributed by atoms with Gasteiger partial charge in [-0.25, -0.2) is 0 Å². The zero-order valence-electron chi connectivity index (χ0n) is 15.2. The minimum Gasteiger partial charge on any atom is -0.459 e. The van der Waals surface area contributed by atoms with E-state index >= 15 is 0 Å². The van der Waals surface area contributed by atoms with Crippen LogP contribution in [0.3, 0.4) is 0 Å². The van der Waals surface area contributed by atoms with Crippen molar-refractivity contribution in [3.8, 4) is 0 Å². The molecule has 0 radical (unpaired) electrons. The Morgan fingerprint density at radius 2 is 1.81 bits per heavy atom. The molecule has 1 aromatic carbocycles. The Kier molecular flexibility index (Phi) is 4.25. The maximum Gasteiger partial charge on any atom is 0.308 e. The molecule has 4 aliphatic heterocycles. The molecular formula is C20H24O7. The van der Waals surface area contributed by atoms with Gasteiger partial charge in [0.2, 0.25) is 0 Å². The second-order valence-electron chi connectivity index (χ2n) is 7.97. The number of carbonyl (C=O) groups is 1. The van der Waals surface area contributed by atoms with E-state index in [9.17, 15) is 9.90 Å². The van der Waals surface area contributed by atoms with E-state index < -0.39 is 30.1 Å². The van der Waals surface area contributed by atoms with Crippen molar-refractivity contribution in [2.45, 2.75) is 74.7 Å². The van der Waals surface area contributed by atoms with Crippen LogP contribution in [-0.4, -0.2) is 59.9 Å². The van der Waals surface area contributed by atoms with Gasteiger partial charge in [0.05, 0.1) is 37.4 Å². The van der Waals surface area contributed by atoms with Gasteiger partial charge < -0.3 is 28.8 Å². The van der Waals surface area contributed by atoms with Crippen molar-refractivity contribution in [1.82, 2.24) is 0 Å². The fraction of sp³-hybridized carbons (Fsp3) is 0.650. The van der Waals surface area contributed by atoms with Crippen molar-refractivity contribution in [1.29, 1.82) is 0 Å². The van der Waals surface area contributed by atoms with E-state index in [1.165, 1.54) is 0 Å². The summed E-state index contributed by atoms with van der Waals surface area (Å²) in [4.78, 5) is 11.7. The number of benzene rings is 1. The lowest BCUT2D eigenvalue weighted by molar-refractivity contribution is -0.343. The highest BCUT2D eigenvalue weighted by Gasteiger charge is 2.58. The zero-order valence-corrected chi connectivity index (χ0v) is 15.2. The molecule has 0 saturated carbocycles. The Labute approximate surface area is 157 Å². The van der Waals surface area contributed by atoms with Crippen molar-refractivity contribution in [3.63, 3.8) is 0 Å². The summed E-state index contributed by atoms with van der Waals surface area (Å²) in [7, 11) is 0. The van der Waals surface area contributed by atoms with Gasteiger partial charge in [0, 0.05) is 18.4 Å². The molecular weight excluding hydrogens is 352 g/mol. The Morgan fingerprint density at radius 3 is 2.63 bits per heavy atom. The molecule has 0 aliphatic carbocycles. The maximum atomic E-state index is 11.7. The van der Waals surface area contributed by atoms with Crippen molar-refractivity contribution in [3.05, 3.63) is 35.9 Å². The number of hydrogen-bond acceptors (Lipinski definition) is 7. The number of carbonyl (C=O) groups excluding carboxylic acids is 1. The molecule has 0 aromatic heterocycles. The predicted octanol–water partition coefficient (Wildman–Crippen LogP) is 1.48. The van der Waals surface area contributed by atoms with Gasteiger partial charge in [-0.15, -0.1) is 0 Å². The summed E-state index contributed by atoms with van der Waals surface area (Å²) < 4.78 is 29.9. The van der Waals surface area contributed by atoms with Crippen LogP contribution in [-0.2, 0) is 28.5 Å². The average molecular weight is 376 g/mol. The molecule has 1 N–H and O–H groups in total. The number of aliphatic hydroxyl groups is 1. The van der Waals surface area contributed by atoms with Crippen LogP contribution in [0.5, 0.6) is 0 Å². The second kappa shape index (κ2) is 6.53. The molecule has 4 aliphatic rings. The van der Waals surface area contributed by atoms with Crippen molar-refractivity contribution < 1.29 is 33.6 Å². The third-order valence-corrected chi connectivity index (χ3v) is 6.21. The second-order valence-corrected chi connectivity index (χ2v) is 7.97. The van der Waals surface area contributed by atoms with Gasteiger partial charge in [0.1, 0.15) is 17.8 Å². The van der Waals surface area contributed by atoms with Crippen molar-refractivity contribution >= 4 is 5.97 Å². The van der Waals surface area contributed by atoms with E-state index in [1.807, 2.05) is 37.3 Å². The van der Waals surface area contributed by atoms with E-state index in [4.69, 9.17) is 23.7 Å². The molecule has 0 unspecified atom stereocenters. The highest BCUT2D eigenvalue weighted by atomic mass is 16.7. The maximum absolute atomic E-state index is 11.7. The van der Waals surface area contributed by atoms with E-state index in [0.29, 0.717) is 19.4 Å². The summed E-state index contributed by atoms with van der Waals surface area (Å²) in [6.07, 6.45) is -1.42. The van der Waals surface area contributed by atoms with Crippen LogP contribution in [0.1, 0.15) is 38.0 Å². The SMILES string of the molecule is C[C@@]12O[C@@H]3C[C@@H]4O[C@H](c5ccccc5)OC[C@H]4O[C@H]3C[C@H]1OC(=O)C[C@@H]2O. The normalized spacial score (nSPS) is 46.6. The lowest BCUT2D eigenvalue weighted by Gasteiger charge is -2.55. The highest BCUT2D eigenvalue weighted by molar-refractivity contribution is 5.71. The summed E-state index contributed by atoms with van der Waals surface area (Å²) in [5.41, 5.74) is 0.0687. The third kappa shape index (κ3) is 2.98. The van der Waals surface area contributed by atoms with Gasteiger partial charge in [0.15, 0.2) is 6.29 Å². The zero-order chi connectivity index (χ0) is 18.6. The Morgan fingerprint density at radius 1 is 1.04 bits per heavy atom. The molecule has 0 spiro atoms. The first-order valence-electron chi connectivity index (χ1n) is 9.56. The van der Waals surface area contributed by atoms with Gasteiger partial charge in [0.25, 0.3) is 0 Å². The monoisotopic (exact) mass is 376 g/mol. The Balaban J connectivity index is 1.32. The molecule has 5 rings (SSSR count).